The van der Waals surface area contributed by atoms with Crippen molar-refractivity contribution in [2.24, 2.45) is 0 Å². The lowest BCUT2D eigenvalue weighted by atomic mass is 10.1. The fourth-order valence-electron chi connectivity index (χ4n) is 2.82. The van der Waals surface area contributed by atoms with Gasteiger partial charge in [-0.05, 0) is 24.1 Å². The summed E-state index contributed by atoms with van der Waals surface area (Å²) >= 11 is 0. The topological polar surface area (TPSA) is 89.8 Å². The molecule has 0 radical (unpaired) electrons. The molecule has 0 saturated carbocycles. The van der Waals surface area contributed by atoms with Crippen LogP contribution in [0.15, 0.2) is 48.7 Å². The normalized spacial score (nSPS) is 12.5. The van der Waals surface area contributed by atoms with Crippen LogP contribution in [0, 0.1) is 11.3 Å². The molecule has 1 unspecified atom stereocenters. The summed E-state index contributed by atoms with van der Waals surface area (Å²) in [7, 11) is 0. The molecule has 0 aliphatic heterocycles. The van der Waals surface area contributed by atoms with Gasteiger partial charge in [0.2, 0.25) is 0 Å². The zero-order valence-corrected chi connectivity index (χ0v) is 15.5. The lowest BCUT2D eigenvalue weighted by molar-refractivity contribution is -0.141. The van der Waals surface area contributed by atoms with Gasteiger partial charge in [-0.25, -0.2) is 4.68 Å². The maximum Gasteiger partial charge on any atom is 0.433 e. The molecule has 2 heterocycles. The third kappa shape index (κ3) is 4.55. The molecular formula is C20H18F3N5O. The van der Waals surface area contributed by atoms with E-state index in [1.807, 2.05) is 36.4 Å². The average Bonchev–Trinajstić information content (AvgIpc) is 3.03. The molecule has 0 amide bonds. The fourth-order valence-corrected chi connectivity index (χ4v) is 2.82. The Kier molecular flexibility index (Phi) is 5.84. The molecular weight excluding hydrogens is 383 g/mol. The van der Waals surface area contributed by atoms with Gasteiger partial charge >= 0.3 is 6.18 Å². The predicted octanol–water partition coefficient (Wildman–Crippen LogP) is 4.08. The highest BCUT2D eigenvalue weighted by Gasteiger charge is 2.32. The molecule has 1 atom stereocenters. The van der Waals surface area contributed by atoms with Crippen molar-refractivity contribution in [3.8, 4) is 6.07 Å². The van der Waals surface area contributed by atoms with E-state index in [2.05, 4.69) is 10.1 Å². The van der Waals surface area contributed by atoms with Gasteiger partial charge in [-0.3, -0.25) is 4.98 Å². The zero-order valence-electron chi connectivity index (χ0n) is 15.5. The first-order valence-electron chi connectivity index (χ1n) is 8.73. The van der Waals surface area contributed by atoms with Gasteiger partial charge in [0.25, 0.3) is 0 Å². The summed E-state index contributed by atoms with van der Waals surface area (Å²) in [5.41, 5.74) is 7.09. The van der Waals surface area contributed by atoms with E-state index in [4.69, 9.17) is 10.5 Å². The van der Waals surface area contributed by atoms with Crippen molar-refractivity contribution in [3.05, 3.63) is 76.7 Å². The molecule has 3 rings (SSSR count). The van der Waals surface area contributed by atoms with Gasteiger partial charge in [-0.2, -0.15) is 23.5 Å². The van der Waals surface area contributed by atoms with Gasteiger partial charge in [-0.1, -0.05) is 36.4 Å². The predicted molar refractivity (Wildman–Crippen MR) is 99.3 cm³/mol. The number of aromatic nitrogens is 3. The molecule has 6 nitrogen and oxygen atoms in total. The lowest BCUT2D eigenvalue weighted by Gasteiger charge is -2.15. The molecule has 0 saturated heterocycles. The highest BCUT2D eigenvalue weighted by atomic mass is 19.4. The number of halogens is 3. The summed E-state index contributed by atoms with van der Waals surface area (Å²) in [5.74, 6) is 0.123. The number of pyridine rings is 1. The van der Waals surface area contributed by atoms with Crippen molar-refractivity contribution < 1.29 is 17.9 Å². The molecule has 2 N–H and O–H groups in total. The summed E-state index contributed by atoms with van der Waals surface area (Å²) in [6.45, 7) is 2.13. The van der Waals surface area contributed by atoms with Gasteiger partial charge in [-0.15, -0.1) is 0 Å². The Morgan fingerprint density at radius 2 is 1.90 bits per heavy atom. The minimum atomic E-state index is -4.51. The molecule has 2 aromatic heterocycles. The molecule has 3 aromatic rings. The third-order valence-corrected chi connectivity index (χ3v) is 4.41. The van der Waals surface area contributed by atoms with Crippen molar-refractivity contribution in [2.75, 3.05) is 5.73 Å². The van der Waals surface area contributed by atoms with Gasteiger partial charge in [0, 0.05) is 6.20 Å². The Hall–Kier alpha value is -3.38. The van der Waals surface area contributed by atoms with E-state index in [1.165, 1.54) is 10.7 Å². The molecule has 0 spiro atoms. The number of nitrogen functional groups attached to an aromatic ring is 1. The molecule has 0 aliphatic rings. The number of anilines is 1. The first kappa shape index (κ1) is 20.4. The standard InChI is InChI=1S/C20H18F3N5O/c1-13(15-7-8-18(26-10-15)20(21,22)23)28-19(25)16(9-24)17(27-28)12-29-11-14-5-3-2-4-6-14/h2-8,10,13H,11-12,25H2,1H3. The number of benzene rings is 1. The van der Waals surface area contributed by atoms with Crippen LogP contribution in [0.1, 0.15) is 41.0 Å². The van der Waals surface area contributed by atoms with E-state index < -0.39 is 17.9 Å². The van der Waals surface area contributed by atoms with Crippen LogP contribution in [0.25, 0.3) is 0 Å². The smallest absolute Gasteiger partial charge is 0.383 e. The van der Waals surface area contributed by atoms with Crippen LogP contribution >= 0.6 is 0 Å². The highest BCUT2D eigenvalue weighted by molar-refractivity contribution is 5.52. The van der Waals surface area contributed by atoms with E-state index in [-0.39, 0.29) is 18.0 Å². The monoisotopic (exact) mass is 401 g/mol. The van der Waals surface area contributed by atoms with Crippen LogP contribution < -0.4 is 5.73 Å². The number of hydrogen-bond acceptors (Lipinski definition) is 5. The van der Waals surface area contributed by atoms with E-state index in [1.54, 1.807) is 6.92 Å². The number of rotatable bonds is 6. The number of nitrogens with two attached hydrogens (primary N) is 1. The molecule has 150 valence electrons. The van der Waals surface area contributed by atoms with Crippen LogP contribution in [0.2, 0.25) is 0 Å². The minimum Gasteiger partial charge on any atom is -0.383 e. The third-order valence-electron chi connectivity index (χ3n) is 4.41. The van der Waals surface area contributed by atoms with E-state index in [0.29, 0.717) is 17.9 Å². The Bertz CT molecular complexity index is 1010. The Labute approximate surface area is 165 Å². The summed E-state index contributed by atoms with van der Waals surface area (Å²) in [5, 5.41) is 13.8. The SMILES string of the molecule is CC(c1ccc(C(F)(F)F)nc1)n1nc(COCc2ccccc2)c(C#N)c1N. The Morgan fingerprint density at radius 1 is 1.17 bits per heavy atom. The van der Waals surface area contributed by atoms with E-state index in [9.17, 15) is 18.4 Å². The van der Waals surface area contributed by atoms with Crippen molar-refractivity contribution in [3.63, 3.8) is 0 Å². The van der Waals surface area contributed by atoms with Crippen molar-refractivity contribution >= 4 is 5.82 Å². The van der Waals surface area contributed by atoms with E-state index in [0.717, 1.165) is 17.8 Å². The molecule has 0 fully saturated rings. The van der Waals surface area contributed by atoms with Crippen LogP contribution in [-0.2, 0) is 24.1 Å². The average molecular weight is 401 g/mol. The second-order valence-corrected chi connectivity index (χ2v) is 6.39. The quantitative estimate of drug-likeness (QED) is 0.672. The highest BCUT2D eigenvalue weighted by Crippen LogP contribution is 2.29. The van der Waals surface area contributed by atoms with Crippen LogP contribution in [0.4, 0.5) is 19.0 Å². The largest absolute Gasteiger partial charge is 0.433 e. The first-order valence-corrected chi connectivity index (χ1v) is 8.73. The molecule has 0 aliphatic carbocycles. The van der Waals surface area contributed by atoms with Gasteiger partial charge in [0.05, 0.1) is 19.3 Å². The van der Waals surface area contributed by atoms with Gasteiger partial charge < -0.3 is 10.5 Å². The van der Waals surface area contributed by atoms with Gasteiger partial charge in [0.15, 0.2) is 0 Å². The van der Waals surface area contributed by atoms with Crippen LogP contribution in [0.5, 0.6) is 0 Å². The molecule has 1 aromatic carbocycles. The van der Waals surface area contributed by atoms with Crippen molar-refractivity contribution in [1.29, 1.82) is 5.26 Å². The summed E-state index contributed by atoms with van der Waals surface area (Å²) in [4.78, 5) is 3.46. The Morgan fingerprint density at radius 3 is 2.48 bits per heavy atom. The second-order valence-electron chi connectivity index (χ2n) is 6.39. The summed E-state index contributed by atoms with van der Waals surface area (Å²) in [6, 6.07) is 13.2. The summed E-state index contributed by atoms with van der Waals surface area (Å²) < 4.78 is 45.1. The first-order chi connectivity index (χ1) is 13.8. The van der Waals surface area contributed by atoms with Crippen LogP contribution in [-0.4, -0.2) is 14.8 Å². The number of ether oxygens (including phenoxy) is 1. The number of nitrogens with zero attached hydrogens (tertiary/aromatic N) is 4. The number of nitriles is 1. The van der Waals surface area contributed by atoms with Crippen molar-refractivity contribution in [1.82, 2.24) is 14.8 Å². The molecule has 0 bridgehead atoms. The summed E-state index contributed by atoms with van der Waals surface area (Å²) in [6.07, 6.45) is -3.38. The molecule has 29 heavy (non-hydrogen) atoms. The zero-order chi connectivity index (χ0) is 21.0. The Balaban J connectivity index is 1.78. The van der Waals surface area contributed by atoms with Gasteiger partial charge in [0.1, 0.15) is 28.8 Å². The van der Waals surface area contributed by atoms with Crippen LogP contribution in [0.3, 0.4) is 0 Å². The minimum absolute atomic E-state index is 0.0764. The number of alkyl halides is 3. The fraction of sp³-hybridized carbons (Fsp3) is 0.250. The van der Waals surface area contributed by atoms with Crippen molar-refractivity contribution in [2.45, 2.75) is 32.4 Å². The maximum atomic E-state index is 12.7. The molecule has 9 heteroatoms. The second kappa shape index (κ2) is 8.32. The lowest BCUT2D eigenvalue weighted by Crippen LogP contribution is -2.14. The maximum absolute atomic E-state index is 12.7. The number of hydrogen-bond donors (Lipinski definition) is 1. The van der Waals surface area contributed by atoms with E-state index >= 15 is 0 Å².